The molecule has 18 heavy (non-hydrogen) atoms. The van der Waals surface area contributed by atoms with E-state index in [0.717, 1.165) is 18.4 Å². The van der Waals surface area contributed by atoms with Crippen molar-refractivity contribution in [1.82, 2.24) is 5.32 Å². The predicted molar refractivity (Wildman–Crippen MR) is 71.0 cm³/mol. The van der Waals surface area contributed by atoms with Crippen LogP contribution in [0.25, 0.3) is 0 Å². The Bertz CT molecular complexity index is 383. The third-order valence-corrected chi connectivity index (χ3v) is 3.79. The summed E-state index contributed by atoms with van der Waals surface area (Å²) in [6.45, 7) is 2.09. The first-order valence-corrected chi connectivity index (χ1v) is 6.73. The molecule has 3 atom stereocenters. The van der Waals surface area contributed by atoms with Gasteiger partial charge >= 0.3 is 0 Å². The van der Waals surface area contributed by atoms with Gasteiger partial charge in [0.2, 0.25) is 0 Å². The zero-order valence-electron chi connectivity index (χ0n) is 11.2. The SMILES string of the molecule is COC1CCCC(N[C@H](C)c2cccc(F)c2)C1. The first-order chi connectivity index (χ1) is 8.69. The van der Waals surface area contributed by atoms with E-state index < -0.39 is 0 Å². The van der Waals surface area contributed by atoms with Gasteiger partial charge in [0.05, 0.1) is 6.10 Å². The van der Waals surface area contributed by atoms with Crippen molar-refractivity contribution < 1.29 is 9.13 Å². The van der Waals surface area contributed by atoms with Gasteiger partial charge in [-0.3, -0.25) is 0 Å². The van der Waals surface area contributed by atoms with Gasteiger partial charge in [-0.15, -0.1) is 0 Å². The minimum Gasteiger partial charge on any atom is -0.381 e. The van der Waals surface area contributed by atoms with Crippen molar-refractivity contribution in [3.05, 3.63) is 35.6 Å². The average molecular weight is 251 g/mol. The average Bonchev–Trinajstić information content (AvgIpc) is 2.39. The molecular weight excluding hydrogens is 229 g/mol. The fourth-order valence-corrected chi connectivity index (χ4v) is 2.74. The van der Waals surface area contributed by atoms with Gasteiger partial charge in [0.15, 0.2) is 0 Å². The van der Waals surface area contributed by atoms with E-state index in [4.69, 9.17) is 4.74 Å². The molecular formula is C15H22FNO. The Morgan fingerprint density at radius 2 is 2.22 bits per heavy atom. The van der Waals surface area contributed by atoms with E-state index in [0.29, 0.717) is 12.1 Å². The van der Waals surface area contributed by atoms with Crippen molar-refractivity contribution >= 4 is 0 Å². The van der Waals surface area contributed by atoms with Crippen LogP contribution < -0.4 is 5.32 Å². The zero-order chi connectivity index (χ0) is 13.0. The second kappa shape index (κ2) is 6.30. The molecule has 1 saturated carbocycles. The standard InChI is InChI=1S/C15H22FNO/c1-11(12-5-3-6-13(16)9-12)17-14-7-4-8-15(10-14)18-2/h3,5-6,9,11,14-15,17H,4,7-8,10H2,1-2H3/t11-,14?,15?/m1/s1. The molecule has 1 aromatic carbocycles. The minimum absolute atomic E-state index is 0.167. The smallest absolute Gasteiger partial charge is 0.123 e. The second-order valence-electron chi connectivity index (χ2n) is 5.16. The molecule has 1 aliphatic carbocycles. The van der Waals surface area contributed by atoms with Gasteiger partial charge in [-0.1, -0.05) is 12.1 Å². The molecule has 0 aliphatic heterocycles. The lowest BCUT2D eigenvalue weighted by molar-refractivity contribution is 0.0572. The maximum atomic E-state index is 13.2. The molecule has 2 unspecified atom stereocenters. The Labute approximate surface area is 109 Å². The second-order valence-corrected chi connectivity index (χ2v) is 5.16. The third-order valence-electron chi connectivity index (χ3n) is 3.79. The van der Waals surface area contributed by atoms with E-state index >= 15 is 0 Å². The molecule has 1 aliphatic rings. The molecule has 1 fully saturated rings. The highest BCUT2D eigenvalue weighted by atomic mass is 19.1. The summed E-state index contributed by atoms with van der Waals surface area (Å²) < 4.78 is 18.6. The summed E-state index contributed by atoms with van der Waals surface area (Å²) in [4.78, 5) is 0. The van der Waals surface area contributed by atoms with Crippen molar-refractivity contribution in [2.45, 2.75) is 50.8 Å². The van der Waals surface area contributed by atoms with Crippen LogP contribution in [0, 0.1) is 5.82 Å². The molecule has 1 aromatic rings. The van der Waals surface area contributed by atoms with Crippen LogP contribution in [-0.2, 0) is 4.74 Å². The Morgan fingerprint density at radius 3 is 2.94 bits per heavy atom. The summed E-state index contributed by atoms with van der Waals surface area (Å²) >= 11 is 0. The number of ether oxygens (including phenoxy) is 1. The van der Waals surface area contributed by atoms with Crippen LogP contribution in [0.3, 0.4) is 0 Å². The fourth-order valence-electron chi connectivity index (χ4n) is 2.74. The lowest BCUT2D eigenvalue weighted by Gasteiger charge is -2.31. The number of hydrogen-bond acceptors (Lipinski definition) is 2. The number of nitrogens with one attached hydrogen (secondary N) is 1. The van der Waals surface area contributed by atoms with Crippen LogP contribution >= 0.6 is 0 Å². The summed E-state index contributed by atoms with van der Waals surface area (Å²) in [6, 6.07) is 7.48. The molecule has 2 rings (SSSR count). The summed E-state index contributed by atoms with van der Waals surface area (Å²) in [6.07, 6.45) is 4.96. The van der Waals surface area contributed by atoms with E-state index in [-0.39, 0.29) is 11.9 Å². The lowest BCUT2D eigenvalue weighted by atomic mass is 9.92. The summed E-state index contributed by atoms with van der Waals surface area (Å²) in [5, 5.41) is 3.58. The van der Waals surface area contributed by atoms with Crippen molar-refractivity contribution in [3.63, 3.8) is 0 Å². The van der Waals surface area contributed by atoms with Gasteiger partial charge in [0, 0.05) is 19.2 Å². The molecule has 0 heterocycles. The van der Waals surface area contributed by atoms with E-state index in [1.807, 2.05) is 6.07 Å². The fraction of sp³-hybridized carbons (Fsp3) is 0.600. The quantitative estimate of drug-likeness (QED) is 0.885. The van der Waals surface area contributed by atoms with Crippen molar-refractivity contribution in [2.75, 3.05) is 7.11 Å². The van der Waals surface area contributed by atoms with Gasteiger partial charge in [0.1, 0.15) is 5.82 Å². The van der Waals surface area contributed by atoms with Gasteiger partial charge in [-0.25, -0.2) is 4.39 Å². The van der Waals surface area contributed by atoms with Crippen molar-refractivity contribution in [2.24, 2.45) is 0 Å². The Balaban J connectivity index is 1.92. The number of benzene rings is 1. The van der Waals surface area contributed by atoms with Crippen molar-refractivity contribution in [1.29, 1.82) is 0 Å². The zero-order valence-corrected chi connectivity index (χ0v) is 11.2. The topological polar surface area (TPSA) is 21.3 Å². The van der Waals surface area contributed by atoms with Gasteiger partial charge in [-0.2, -0.15) is 0 Å². The van der Waals surface area contributed by atoms with E-state index in [9.17, 15) is 4.39 Å². The van der Waals surface area contributed by atoms with Crippen LogP contribution in [0.1, 0.15) is 44.2 Å². The van der Waals surface area contributed by atoms with Crippen LogP contribution in [0.2, 0.25) is 0 Å². The van der Waals surface area contributed by atoms with E-state index in [2.05, 4.69) is 12.2 Å². The molecule has 0 spiro atoms. The maximum absolute atomic E-state index is 13.2. The molecule has 1 N–H and O–H groups in total. The molecule has 0 aromatic heterocycles. The van der Waals surface area contributed by atoms with Gasteiger partial charge in [0.25, 0.3) is 0 Å². The molecule has 2 nitrogen and oxygen atoms in total. The molecule has 0 radical (unpaired) electrons. The highest BCUT2D eigenvalue weighted by Crippen LogP contribution is 2.23. The first-order valence-electron chi connectivity index (χ1n) is 6.73. The van der Waals surface area contributed by atoms with Crippen LogP contribution in [0.5, 0.6) is 0 Å². The highest BCUT2D eigenvalue weighted by molar-refractivity contribution is 5.19. The minimum atomic E-state index is -0.167. The summed E-state index contributed by atoms with van der Waals surface area (Å²) in [5.74, 6) is -0.167. The summed E-state index contributed by atoms with van der Waals surface area (Å²) in [5.41, 5.74) is 1.01. The molecule has 100 valence electrons. The molecule has 0 saturated heterocycles. The van der Waals surface area contributed by atoms with Crippen molar-refractivity contribution in [3.8, 4) is 0 Å². The third kappa shape index (κ3) is 3.53. The number of hydrogen-bond donors (Lipinski definition) is 1. The van der Waals surface area contributed by atoms with E-state index in [1.54, 1.807) is 19.2 Å². The number of rotatable bonds is 4. The van der Waals surface area contributed by atoms with Gasteiger partial charge < -0.3 is 10.1 Å². The van der Waals surface area contributed by atoms with Crippen LogP contribution in [-0.4, -0.2) is 19.3 Å². The Morgan fingerprint density at radius 1 is 1.39 bits per heavy atom. The number of methoxy groups -OCH3 is 1. The van der Waals surface area contributed by atoms with Crippen LogP contribution in [0.15, 0.2) is 24.3 Å². The van der Waals surface area contributed by atoms with Gasteiger partial charge in [-0.05, 0) is 50.3 Å². The highest BCUT2D eigenvalue weighted by Gasteiger charge is 2.23. The molecule has 0 amide bonds. The largest absolute Gasteiger partial charge is 0.381 e. The number of halogens is 1. The van der Waals surface area contributed by atoms with E-state index in [1.165, 1.54) is 18.9 Å². The molecule has 0 bridgehead atoms. The first kappa shape index (κ1) is 13.5. The molecule has 3 heteroatoms. The predicted octanol–water partition coefficient (Wildman–Crippen LogP) is 3.43. The monoisotopic (exact) mass is 251 g/mol. The summed E-state index contributed by atoms with van der Waals surface area (Å²) in [7, 11) is 1.78. The Hall–Kier alpha value is -0.930. The maximum Gasteiger partial charge on any atom is 0.123 e. The van der Waals surface area contributed by atoms with Crippen LogP contribution in [0.4, 0.5) is 4.39 Å². The lowest BCUT2D eigenvalue weighted by Crippen LogP contribution is -2.38. The normalized spacial score (nSPS) is 25.9. The Kier molecular flexibility index (Phi) is 4.72.